The molecular formula is C27H21F3N4O4. The van der Waals surface area contributed by atoms with Crippen molar-refractivity contribution in [3.63, 3.8) is 0 Å². The van der Waals surface area contributed by atoms with Crippen molar-refractivity contribution in [3.8, 4) is 17.2 Å². The van der Waals surface area contributed by atoms with Crippen LogP contribution < -0.4 is 20.9 Å². The average molecular weight is 522 g/mol. The Morgan fingerprint density at radius 2 is 1.71 bits per heavy atom. The molecule has 8 nitrogen and oxygen atoms in total. The van der Waals surface area contributed by atoms with Crippen LogP contribution in [0.15, 0.2) is 71.8 Å². The van der Waals surface area contributed by atoms with Crippen LogP contribution in [-0.2, 0) is 11.2 Å². The Balaban J connectivity index is 1.61. The van der Waals surface area contributed by atoms with Gasteiger partial charge in [-0.2, -0.15) is 0 Å². The van der Waals surface area contributed by atoms with Crippen molar-refractivity contribution >= 4 is 23.1 Å². The van der Waals surface area contributed by atoms with Crippen LogP contribution in [0.4, 0.5) is 24.5 Å². The van der Waals surface area contributed by atoms with Gasteiger partial charge in [0.1, 0.15) is 22.9 Å². The molecule has 1 amide bonds. The minimum absolute atomic E-state index is 0.0516. The Bertz CT molecular complexity index is 1590. The third-order valence-electron chi connectivity index (χ3n) is 5.41. The zero-order valence-corrected chi connectivity index (χ0v) is 20.2. The maximum atomic E-state index is 14.9. The Morgan fingerprint density at radius 1 is 0.974 bits per heavy atom. The standard InChI is InChI=1S/C27H21F3N4O4/c1-15(35)11-17-12-19(7-9-32-17)38-24-14-20(29)23(13-21(24)30)33-26(36)25-22(31-2)8-10-34(27(25)37)18-5-3-16(28)4-6-18/h3-10,12-14,31H,11H2,1-2H3,(H,33,36). The van der Waals surface area contributed by atoms with Gasteiger partial charge in [0.15, 0.2) is 17.4 Å². The fourth-order valence-electron chi connectivity index (χ4n) is 3.65. The maximum Gasteiger partial charge on any atom is 0.270 e. The Kier molecular flexibility index (Phi) is 7.56. The maximum absolute atomic E-state index is 14.9. The number of aromatic nitrogens is 2. The summed E-state index contributed by atoms with van der Waals surface area (Å²) in [5.74, 6) is -3.96. The molecule has 4 rings (SSSR count). The van der Waals surface area contributed by atoms with Gasteiger partial charge in [0.25, 0.3) is 11.5 Å². The third-order valence-corrected chi connectivity index (χ3v) is 5.41. The number of anilines is 2. The van der Waals surface area contributed by atoms with E-state index in [0.717, 1.165) is 28.8 Å². The van der Waals surface area contributed by atoms with E-state index in [9.17, 15) is 27.6 Å². The Morgan fingerprint density at radius 3 is 2.39 bits per heavy atom. The molecule has 0 aliphatic heterocycles. The minimum Gasteiger partial charge on any atom is -0.454 e. The van der Waals surface area contributed by atoms with Crippen LogP contribution >= 0.6 is 0 Å². The molecule has 4 aromatic rings. The van der Waals surface area contributed by atoms with E-state index in [1.165, 1.54) is 56.7 Å². The molecule has 38 heavy (non-hydrogen) atoms. The van der Waals surface area contributed by atoms with Crippen LogP contribution in [0.1, 0.15) is 23.0 Å². The molecule has 2 heterocycles. The van der Waals surface area contributed by atoms with E-state index in [1.54, 1.807) is 0 Å². The molecule has 2 N–H and O–H groups in total. The summed E-state index contributed by atoms with van der Waals surface area (Å²) in [5, 5.41) is 4.94. The number of Topliss-reactive ketones (excluding diaryl/α,β-unsaturated/α-hetero) is 1. The number of nitrogens with one attached hydrogen (secondary N) is 2. The van der Waals surface area contributed by atoms with Crippen molar-refractivity contribution < 1.29 is 27.5 Å². The van der Waals surface area contributed by atoms with Crippen molar-refractivity contribution in [2.45, 2.75) is 13.3 Å². The van der Waals surface area contributed by atoms with E-state index in [4.69, 9.17) is 4.74 Å². The zero-order valence-electron chi connectivity index (χ0n) is 20.2. The molecule has 0 bridgehead atoms. The van der Waals surface area contributed by atoms with Crippen LogP contribution in [-0.4, -0.2) is 28.3 Å². The highest BCUT2D eigenvalue weighted by atomic mass is 19.1. The van der Waals surface area contributed by atoms with E-state index in [2.05, 4.69) is 15.6 Å². The smallest absolute Gasteiger partial charge is 0.270 e. The molecule has 0 fully saturated rings. The predicted octanol–water partition coefficient (Wildman–Crippen LogP) is 4.87. The molecule has 0 aliphatic rings. The second-order valence-electron chi connectivity index (χ2n) is 8.19. The minimum atomic E-state index is -1.02. The van der Waals surface area contributed by atoms with Gasteiger partial charge in [-0.15, -0.1) is 0 Å². The number of ether oxygens (including phenoxy) is 1. The summed E-state index contributed by atoms with van der Waals surface area (Å²) in [4.78, 5) is 41.5. The van der Waals surface area contributed by atoms with Gasteiger partial charge >= 0.3 is 0 Å². The van der Waals surface area contributed by atoms with Crippen LogP contribution in [0, 0.1) is 17.5 Å². The number of nitrogens with zero attached hydrogens (tertiary/aromatic N) is 2. The number of carbonyl (C=O) groups excluding carboxylic acids is 2. The van der Waals surface area contributed by atoms with Gasteiger partial charge in [0.05, 0.1) is 17.1 Å². The monoisotopic (exact) mass is 522 g/mol. The summed E-state index contributed by atoms with van der Waals surface area (Å²) >= 11 is 0. The molecule has 0 radical (unpaired) electrons. The molecule has 0 unspecified atom stereocenters. The molecular weight excluding hydrogens is 501 g/mol. The first-order valence-electron chi connectivity index (χ1n) is 11.3. The quantitative estimate of drug-likeness (QED) is 0.343. The van der Waals surface area contributed by atoms with Crippen LogP contribution in [0.5, 0.6) is 11.5 Å². The highest BCUT2D eigenvalue weighted by Crippen LogP contribution is 2.30. The Hall–Kier alpha value is -4.93. The number of carbonyl (C=O) groups is 2. The van der Waals surface area contributed by atoms with E-state index >= 15 is 0 Å². The highest BCUT2D eigenvalue weighted by molar-refractivity contribution is 6.07. The fraction of sp³-hybridized carbons (Fsp3) is 0.111. The van der Waals surface area contributed by atoms with E-state index in [-0.39, 0.29) is 29.2 Å². The van der Waals surface area contributed by atoms with Gasteiger partial charge < -0.3 is 15.4 Å². The summed E-state index contributed by atoms with van der Waals surface area (Å²) in [5.41, 5.74) is -0.810. The molecule has 0 saturated heterocycles. The average Bonchev–Trinajstić information content (AvgIpc) is 2.87. The molecule has 2 aromatic heterocycles. The van der Waals surface area contributed by atoms with Gasteiger partial charge in [0, 0.05) is 49.7 Å². The first-order chi connectivity index (χ1) is 18.2. The normalized spacial score (nSPS) is 10.7. The molecule has 0 aliphatic carbocycles. The van der Waals surface area contributed by atoms with Crippen molar-refractivity contribution in [2.24, 2.45) is 0 Å². The summed E-state index contributed by atoms with van der Waals surface area (Å²) in [6.45, 7) is 1.39. The van der Waals surface area contributed by atoms with Gasteiger partial charge in [-0.1, -0.05) is 0 Å². The number of amides is 1. The number of hydrogen-bond donors (Lipinski definition) is 2. The molecule has 2 aromatic carbocycles. The summed E-state index contributed by atoms with van der Waals surface area (Å²) < 4.78 is 49.5. The largest absolute Gasteiger partial charge is 0.454 e. The predicted molar refractivity (Wildman–Crippen MR) is 135 cm³/mol. The summed E-state index contributed by atoms with van der Waals surface area (Å²) in [7, 11) is 1.49. The second-order valence-corrected chi connectivity index (χ2v) is 8.19. The first kappa shape index (κ1) is 26.1. The lowest BCUT2D eigenvalue weighted by atomic mass is 10.2. The van der Waals surface area contributed by atoms with Gasteiger partial charge in [0.2, 0.25) is 0 Å². The van der Waals surface area contributed by atoms with Gasteiger partial charge in [-0.05, 0) is 43.3 Å². The van der Waals surface area contributed by atoms with Crippen molar-refractivity contribution in [1.29, 1.82) is 0 Å². The lowest BCUT2D eigenvalue weighted by molar-refractivity contribution is -0.116. The SMILES string of the molecule is CNc1ccn(-c2ccc(F)cc2)c(=O)c1C(=O)Nc1cc(F)c(Oc2ccnc(CC(C)=O)c2)cc1F. The van der Waals surface area contributed by atoms with E-state index < -0.39 is 40.4 Å². The number of benzene rings is 2. The number of ketones is 1. The molecule has 0 atom stereocenters. The lowest BCUT2D eigenvalue weighted by Crippen LogP contribution is -2.29. The number of halogens is 3. The summed E-state index contributed by atoms with van der Waals surface area (Å²) in [6.07, 6.45) is 2.82. The van der Waals surface area contributed by atoms with Gasteiger partial charge in [-0.25, -0.2) is 13.2 Å². The number of hydrogen-bond acceptors (Lipinski definition) is 6. The fourth-order valence-corrected chi connectivity index (χ4v) is 3.65. The number of rotatable bonds is 8. The van der Waals surface area contributed by atoms with E-state index in [0.29, 0.717) is 11.4 Å². The molecule has 0 saturated carbocycles. The van der Waals surface area contributed by atoms with Crippen LogP contribution in [0.25, 0.3) is 5.69 Å². The van der Waals surface area contributed by atoms with Crippen molar-refractivity contribution in [3.05, 3.63) is 106 Å². The molecule has 194 valence electrons. The van der Waals surface area contributed by atoms with E-state index in [1.807, 2.05) is 0 Å². The lowest BCUT2D eigenvalue weighted by Gasteiger charge is -2.14. The topological polar surface area (TPSA) is 102 Å². The second kappa shape index (κ2) is 11.0. The molecule has 11 heteroatoms. The third kappa shape index (κ3) is 5.72. The van der Waals surface area contributed by atoms with Crippen molar-refractivity contribution in [2.75, 3.05) is 17.7 Å². The van der Waals surface area contributed by atoms with Crippen LogP contribution in [0.3, 0.4) is 0 Å². The first-order valence-corrected chi connectivity index (χ1v) is 11.3. The summed E-state index contributed by atoms with van der Waals surface area (Å²) in [6, 6.07) is 10.8. The van der Waals surface area contributed by atoms with Crippen molar-refractivity contribution in [1.82, 2.24) is 9.55 Å². The zero-order chi connectivity index (χ0) is 27.4. The number of pyridine rings is 2. The van der Waals surface area contributed by atoms with Gasteiger partial charge in [-0.3, -0.25) is 23.9 Å². The van der Waals surface area contributed by atoms with Crippen LogP contribution in [0.2, 0.25) is 0 Å². The Labute approximate surface area is 214 Å². The highest BCUT2D eigenvalue weighted by Gasteiger charge is 2.21. The molecule has 0 spiro atoms.